The third kappa shape index (κ3) is 4.57. The number of benzene rings is 1. The van der Waals surface area contributed by atoms with Gasteiger partial charge in [0.05, 0.1) is 32.9 Å². The Morgan fingerprint density at radius 3 is 2.67 bits per heavy atom. The molecule has 1 aromatic carbocycles. The molecule has 11 nitrogen and oxygen atoms in total. The molecule has 0 unspecified atom stereocenters. The first-order valence-electron chi connectivity index (χ1n) is 9.10. The minimum Gasteiger partial charge on any atom is -0.497 e. The lowest BCUT2D eigenvalue weighted by Crippen LogP contribution is -2.35. The van der Waals surface area contributed by atoms with Gasteiger partial charge in [0.1, 0.15) is 18.1 Å². The number of rotatable bonds is 8. The number of nitrogens with one attached hydrogen (secondary N) is 1. The average Bonchev–Trinajstić information content (AvgIpc) is 3.19. The van der Waals surface area contributed by atoms with E-state index in [-0.39, 0.29) is 19.8 Å². The number of methoxy groups -OCH3 is 2. The van der Waals surface area contributed by atoms with Gasteiger partial charge in [0.2, 0.25) is 5.88 Å². The van der Waals surface area contributed by atoms with Crippen LogP contribution in [0.2, 0.25) is 0 Å². The monoisotopic (exact) mass is 415 g/mol. The molecule has 1 N–H and O–H groups in total. The fraction of sp³-hybridized carbons (Fsp3) is 0.316. The summed E-state index contributed by atoms with van der Waals surface area (Å²) >= 11 is 0. The Hall–Kier alpha value is -3.89. The largest absolute Gasteiger partial charge is 0.497 e. The van der Waals surface area contributed by atoms with Crippen LogP contribution in [0.5, 0.6) is 17.4 Å². The SMILES string of the molecule is CCOC(=O)C(=O)NCCOc1ccc2nnc(-c3ccc(OC)cc3OC)n2n1. The number of carbonyl (C=O) groups excluding carboxylic acids is 2. The molecule has 30 heavy (non-hydrogen) atoms. The zero-order chi connectivity index (χ0) is 21.5. The average molecular weight is 415 g/mol. The first-order valence-corrected chi connectivity index (χ1v) is 9.10. The summed E-state index contributed by atoms with van der Waals surface area (Å²) in [5, 5.41) is 15.1. The molecule has 0 radical (unpaired) electrons. The van der Waals surface area contributed by atoms with Crippen LogP contribution in [0.3, 0.4) is 0 Å². The van der Waals surface area contributed by atoms with Crippen LogP contribution < -0.4 is 19.5 Å². The fourth-order valence-corrected chi connectivity index (χ4v) is 2.59. The second-order valence-corrected chi connectivity index (χ2v) is 5.86. The van der Waals surface area contributed by atoms with Crippen molar-refractivity contribution in [2.24, 2.45) is 0 Å². The number of amides is 1. The van der Waals surface area contributed by atoms with E-state index in [1.54, 1.807) is 51.5 Å². The minimum absolute atomic E-state index is 0.104. The molecule has 2 heterocycles. The smallest absolute Gasteiger partial charge is 0.396 e. The van der Waals surface area contributed by atoms with Crippen LogP contribution >= 0.6 is 0 Å². The van der Waals surface area contributed by atoms with E-state index in [0.717, 1.165) is 0 Å². The van der Waals surface area contributed by atoms with Crippen LogP contribution in [-0.4, -0.2) is 65.7 Å². The van der Waals surface area contributed by atoms with Crippen LogP contribution in [-0.2, 0) is 14.3 Å². The number of ether oxygens (including phenoxy) is 4. The summed E-state index contributed by atoms with van der Waals surface area (Å²) in [5.74, 6) is 0.202. The summed E-state index contributed by atoms with van der Waals surface area (Å²) in [7, 11) is 3.12. The molecular weight excluding hydrogens is 394 g/mol. The van der Waals surface area contributed by atoms with Crippen molar-refractivity contribution >= 4 is 17.5 Å². The number of hydrogen-bond donors (Lipinski definition) is 1. The van der Waals surface area contributed by atoms with E-state index >= 15 is 0 Å². The highest BCUT2D eigenvalue weighted by Crippen LogP contribution is 2.32. The molecular formula is C19H21N5O6. The van der Waals surface area contributed by atoms with Crippen molar-refractivity contribution in [2.45, 2.75) is 6.92 Å². The van der Waals surface area contributed by atoms with Crippen LogP contribution in [0.1, 0.15) is 6.92 Å². The van der Waals surface area contributed by atoms with E-state index in [2.05, 4.69) is 25.3 Å². The summed E-state index contributed by atoms with van der Waals surface area (Å²) in [6.07, 6.45) is 0. The zero-order valence-electron chi connectivity index (χ0n) is 16.7. The maximum atomic E-state index is 11.5. The molecule has 0 aliphatic carbocycles. The second kappa shape index (κ2) is 9.54. The molecule has 0 atom stereocenters. The Labute approximate surface area is 171 Å². The standard InChI is InChI=1S/C19H21N5O6/c1-4-29-19(26)18(25)20-9-10-30-16-8-7-15-21-22-17(24(15)23-16)13-6-5-12(27-2)11-14(13)28-3/h5-8,11H,4,9-10H2,1-3H3,(H,20,25). The predicted octanol–water partition coefficient (Wildman–Crippen LogP) is 0.867. The number of carbonyl (C=O) groups is 2. The van der Waals surface area contributed by atoms with Gasteiger partial charge in [0, 0.05) is 12.1 Å². The lowest BCUT2D eigenvalue weighted by Gasteiger charge is -2.10. The Morgan fingerprint density at radius 1 is 1.10 bits per heavy atom. The zero-order valence-corrected chi connectivity index (χ0v) is 16.7. The highest BCUT2D eigenvalue weighted by atomic mass is 16.5. The molecule has 0 bridgehead atoms. The predicted molar refractivity (Wildman–Crippen MR) is 104 cm³/mol. The van der Waals surface area contributed by atoms with Crippen LogP contribution in [0.15, 0.2) is 30.3 Å². The number of nitrogens with zero attached hydrogens (tertiary/aromatic N) is 4. The molecule has 0 aliphatic heterocycles. The van der Waals surface area contributed by atoms with Gasteiger partial charge in [-0.2, -0.15) is 4.52 Å². The number of hydrogen-bond acceptors (Lipinski definition) is 9. The topological polar surface area (TPSA) is 126 Å². The van der Waals surface area contributed by atoms with Crippen molar-refractivity contribution in [3.05, 3.63) is 30.3 Å². The molecule has 0 fully saturated rings. The summed E-state index contributed by atoms with van der Waals surface area (Å²) in [4.78, 5) is 22.8. The first kappa shape index (κ1) is 20.8. The molecule has 0 aliphatic rings. The first-order chi connectivity index (χ1) is 14.6. The summed E-state index contributed by atoms with van der Waals surface area (Å²) in [5.41, 5.74) is 1.20. The van der Waals surface area contributed by atoms with Crippen molar-refractivity contribution in [1.29, 1.82) is 0 Å². The van der Waals surface area contributed by atoms with Crippen molar-refractivity contribution in [1.82, 2.24) is 25.1 Å². The van der Waals surface area contributed by atoms with E-state index < -0.39 is 11.9 Å². The van der Waals surface area contributed by atoms with Gasteiger partial charge < -0.3 is 24.3 Å². The Morgan fingerprint density at radius 2 is 1.93 bits per heavy atom. The van der Waals surface area contributed by atoms with Gasteiger partial charge in [0.25, 0.3) is 0 Å². The number of fused-ring (bicyclic) bond motifs is 1. The van der Waals surface area contributed by atoms with E-state index in [0.29, 0.717) is 34.4 Å². The molecule has 3 aromatic rings. The maximum Gasteiger partial charge on any atom is 0.396 e. The third-order valence-corrected chi connectivity index (χ3v) is 3.99. The van der Waals surface area contributed by atoms with Gasteiger partial charge in [-0.15, -0.1) is 15.3 Å². The maximum absolute atomic E-state index is 11.5. The van der Waals surface area contributed by atoms with Gasteiger partial charge in [0.15, 0.2) is 11.5 Å². The Kier molecular flexibility index (Phi) is 6.63. The quantitative estimate of drug-likeness (QED) is 0.324. The summed E-state index contributed by atoms with van der Waals surface area (Å²) in [6, 6.07) is 8.65. The lowest BCUT2D eigenvalue weighted by atomic mass is 10.2. The van der Waals surface area contributed by atoms with Crippen molar-refractivity contribution in [3.8, 4) is 28.8 Å². The van der Waals surface area contributed by atoms with Crippen molar-refractivity contribution < 1.29 is 28.5 Å². The molecule has 0 spiro atoms. The molecule has 0 saturated heterocycles. The van der Waals surface area contributed by atoms with Gasteiger partial charge in [-0.25, -0.2) is 4.79 Å². The highest BCUT2D eigenvalue weighted by Gasteiger charge is 2.16. The van der Waals surface area contributed by atoms with E-state index in [4.69, 9.17) is 14.2 Å². The van der Waals surface area contributed by atoms with Gasteiger partial charge in [-0.05, 0) is 25.1 Å². The van der Waals surface area contributed by atoms with E-state index in [1.807, 2.05) is 0 Å². The summed E-state index contributed by atoms with van der Waals surface area (Å²) in [6.45, 7) is 1.97. The molecule has 11 heteroatoms. The number of esters is 1. The Balaban J connectivity index is 1.73. The normalized spacial score (nSPS) is 10.5. The second-order valence-electron chi connectivity index (χ2n) is 5.86. The number of aromatic nitrogens is 4. The van der Waals surface area contributed by atoms with E-state index in [1.165, 1.54) is 4.52 Å². The van der Waals surface area contributed by atoms with Crippen LogP contribution in [0.25, 0.3) is 17.0 Å². The molecule has 1 amide bonds. The molecule has 3 rings (SSSR count). The summed E-state index contributed by atoms with van der Waals surface area (Å²) < 4.78 is 22.3. The van der Waals surface area contributed by atoms with E-state index in [9.17, 15) is 9.59 Å². The van der Waals surface area contributed by atoms with Gasteiger partial charge in [-0.3, -0.25) is 4.79 Å². The third-order valence-electron chi connectivity index (χ3n) is 3.99. The van der Waals surface area contributed by atoms with Crippen molar-refractivity contribution in [2.75, 3.05) is 34.0 Å². The van der Waals surface area contributed by atoms with Gasteiger partial charge >= 0.3 is 11.9 Å². The minimum atomic E-state index is -0.931. The molecule has 2 aromatic heterocycles. The molecule has 158 valence electrons. The van der Waals surface area contributed by atoms with Gasteiger partial charge in [-0.1, -0.05) is 0 Å². The fourth-order valence-electron chi connectivity index (χ4n) is 2.59. The molecule has 0 saturated carbocycles. The highest BCUT2D eigenvalue weighted by molar-refractivity contribution is 6.32. The lowest BCUT2D eigenvalue weighted by molar-refractivity contribution is -0.154. The van der Waals surface area contributed by atoms with Crippen molar-refractivity contribution in [3.63, 3.8) is 0 Å². The Bertz CT molecular complexity index is 1050. The van der Waals surface area contributed by atoms with Crippen LogP contribution in [0, 0.1) is 0 Å². The van der Waals surface area contributed by atoms with Crippen LogP contribution in [0.4, 0.5) is 0 Å².